The van der Waals surface area contributed by atoms with E-state index in [1.54, 1.807) is 7.05 Å². The molecule has 2 heterocycles. The van der Waals surface area contributed by atoms with Crippen molar-refractivity contribution in [1.29, 1.82) is 0 Å². The van der Waals surface area contributed by atoms with Crippen LogP contribution in [0.4, 0.5) is 0 Å². The van der Waals surface area contributed by atoms with Crippen LogP contribution in [0, 0.1) is 0 Å². The fraction of sp³-hybridized carbons (Fsp3) is 0.944. The predicted molar refractivity (Wildman–Crippen MR) is 125 cm³/mol. The van der Waals surface area contributed by atoms with Crippen molar-refractivity contribution in [3.8, 4) is 0 Å². The predicted octanol–water partition coefficient (Wildman–Crippen LogP) is 0.844. The first-order valence-electron chi connectivity index (χ1n) is 10.3. The van der Waals surface area contributed by atoms with Crippen LogP contribution in [0.3, 0.4) is 0 Å². The molecule has 0 aliphatic carbocycles. The molecule has 172 valence electrons. The van der Waals surface area contributed by atoms with Crippen molar-refractivity contribution in [3.63, 3.8) is 0 Å². The van der Waals surface area contributed by atoms with E-state index in [2.05, 4.69) is 20.3 Å². The number of sulfonamides is 1. The molecule has 2 unspecified atom stereocenters. The molecule has 0 aromatic rings. The monoisotopic (exact) mass is 548 g/mol. The minimum absolute atomic E-state index is 0. The molecule has 0 amide bonds. The highest BCUT2D eigenvalue weighted by Crippen LogP contribution is 2.12. The fourth-order valence-electron chi connectivity index (χ4n) is 3.16. The molecule has 2 aliphatic heterocycles. The summed E-state index contributed by atoms with van der Waals surface area (Å²) in [6.45, 7) is 4.22. The Morgan fingerprint density at radius 2 is 1.79 bits per heavy atom. The van der Waals surface area contributed by atoms with Crippen LogP contribution in [0.2, 0.25) is 0 Å². The van der Waals surface area contributed by atoms with E-state index >= 15 is 0 Å². The molecule has 0 spiro atoms. The second-order valence-corrected chi connectivity index (χ2v) is 9.07. The molecule has 2 rings (SSSR count). The van der Waals surface area contributed by atoms with Crippen molar-refractivity contribution in [1.82, 2.24) is 15.4 Å². The van der Waals surface area contributed by atoms with Crippen molar-refractivity contribution in [2.45, 2.75) is 50.7 Å². The maximum Gasteiger partial charge on any atom is 0.213 e. The number of nitrogens with zero attached hydrogens (tertiary/aromatic N) is 1. The van der Waals surface area contributed by atoms with Gasteiger partial charge >= 0.3 is 0 Å². The highest BCUT2D eigenvalue weighted by atomic mass is 127. The summed E-state index contributed by atoms with van der Waals surface area (Å²) >= 11 is 0. The number of aliphatic imine (C=N–C) groups is 1. The van der Waals surface area contributed by atoms with Crippen molar-refractivity contribution in [2.75, 3.05) is 58.9 Å². The summed E-state index contributed by atoms with van der Waals surface area (Å²) in [7, 11) is -1.67. The third kappa shape index (κ3) is 12.3. The van der Waals surface area contributed by atoms with Crippen LogP contribution in [0.5, 0.6) is 0 Å². The Morgan fingerprint density at radius 1 is 1.07 bits per heavy atom. The minimum Gasteiger partial charge on any atom is -0.379 e. The van der Waals surface area contributed by atoms with Gasteiger partial charge in [-0.15, -0.1) is 24.0 Å². The van der Waals surface area contributed by atoms with Crippen molar-refractivity contribution in [2.24, 2.45) is 4.99 Å². The quantitative estimate of drug-likeness (QED) is 0.144. The number of hydrogen-bond acceptors (Lipinski definition) is 6. The molecule has 3 N–H and O–H groups in total. The van der Waals surface area contributed by atoms with Gasteiger partial charge in [0.15, 0.2) is 5.96 Å². The van der Waals surface area contributed by atoms with Crippen LogP contribution in [-0.2, 0) is 24.2 Å². The van der Waals surface area contributed by atoms with E-state index in [1.807, 2.05) is 0 Å². The number of rotatable bonds is 12. The first kappa shape index (κ1) is 26.8. The molecule has 11 heteroatoms. The second kappa shape index (κ2) is 15.6. The summed E-state index contributed by atoms with van der Waals surface area (Å²) in [4.78, 5) is 4.11. The van der Waals surface area contributed by atoms with Crippen molar-refractivity contribution < 1.29 is 22.6 Å². The van der Waals surface area contributed by atoms with E-state index in [0.29, 0.717) is 32.3 Å². The average molecular weight is 548 g/mol. The lowest BCUT2D eigenvalue weighted by Gasteiger charge is -2.22. The van der Waals surface area contributed by atoms with Gasteiger partial charge in [-0.2, -0.15) is 0 Å². The van der Waals surface area contributed by atoms with E-state index in [9.17, 15) is 8.42 Å². The molecular weight excluding hydrogens is 511 g/mol. The standard InChI is InChI=1S/C18H36N4O5S.HI/c1-19-18(20-8-5-10-25-15-17-7-4-12-27-17)21-9-13-28(23,24)22-14-16-6-2-3-11-26-16;/h16-17,22H,2-15H2,1H3,(H2,19,20,21);1H. The molecule has 0 radical (unpaired) electrons. The van der Waals surface area contributed by atoms with Crippen LogP contribution in [0.15, 0.2) is 4.99 Å². The van der Waals surface area contributed by atoms with E-state index in [-0.39, 0.29) is 48.5 Å². The molecule has 29 heavy (non-hydrogen) atoms. The Hall–Kier alpha value is -0.210. The van der Waals surface area contributed by atoms with E-state index in [0.717, 1.165) is 51.7 Å². The third-order valence-corrected chi connectivity index (χ3v) is 6.13. The zero-order chi connectivity index (χ0) is 20.1. The molecule has 0 saturated carbocycles. The van der Waals surface area contributed by atoms with Gasteiger partial charge in [-0.25, -0.2) is 13.1 Å². The van der Waals surface area contributed by atoms with Crippen molar-refractivity contribution >= 4 is 40.0 Å². The van der Waals surface area contributed by atoms with Crippen LogP contribution in [0.25, 0.3) is 0 Å². The van der Waals surface area contributed by atoms with Crippen LogP contribution < -0.4 is 15.4 Å². The van der Waals surface area contributed by atoms with Gasteiger partial charge in [0, 0.05) is 46.5 Å². The zero-order valence-corrected chi connectivity index (χ0v) is 20.5. The number of ether oxygens (including phenoxy) is 3. The summed E-state index contributed by atoms with van der Waals surface area (Å²) in [5, 5.41) is 6.19. The summed E-state index contributed by atoms with van der Waals surface area (Å²) in [5.74, 6) is 0.579. The van der Waals surface area contributed by atoms with Gasteiger partial charge < -0.3 is 24.8 Å². The molecule has 2 atom stereocenters. The molecule has 2 saturated heterocycles. The van der Waals surface area contributed by atoms with Gasteiger partial charge in [0.25, 0.3) is 0 Å². The summed E-state index contributed by atoms with van der Waals surface area (Å²) < 4.78 is 43.5. The van der Waals surface area contributed by atoms with Crippen LogP contribution in [0.1, 0.15) is 38.5 Å². The zero-order valence-electron chi connectivity index (χ0n) is 17.4. The summed E-state index contributed by atoms with van der Waals surface area (Å²) in [6, 6.07) is 0. The molecule has 9 nitrogen and oxygen atoms in total. The third-order valence-electron chi connectivity index (χ3n) is 4.78. The highest BCUT2D eigenvalue weighted by molar-refractivity contribution is 14.0. The minimum atomic E-state index is -3.33. The van der Waals surface area contributed by atoms with E-state index < -0.39 is 10.0 Å². The smallest absolute Gasteiger partial charge is 0.213 e. The molecular formula is C18H37IN4O5S. The topological polar surface area (TPSA) is 110 Å². The lowest BCUT2D eigenvalue weighted by molar-refractivity contribution is 0.0168. The van der Waals surface area contributed by atoms with Gasteiger partial charge in [-0.05, 0) is 38.5 Å². The van der Waals surface area contributed by atoms with E-state index in [1.165, 1.54) is 0 Å². The maximum atomic E-state index is 12.1. The Morgan fingerprint density at radius 3 is 2.48 bits per heavy atom. The Kier molecular flexibility index (Phi) is 14.4. The van der Waals surface area contributed by atoms with Gasteiger partial charge in [0.2, 0.25) is 10.0 Å². The largest absolute Gasteiger partial charge is 0.379 e. The lowest BCUT2D eigenvalue weighted by Crippen LogP contribution is -2.42. The summed E-state index contributed by atoms with van der Waals surface area (Å²) in [5.41, 5.74) is 0. The molecule has 2 aliphatic rings. The van der Waals surface area contributed by atoms with Crippen LogP contribution >= 0.6 is 24.0 Å². The lowest BCUT2D eigenvalue weighted by atomic mass is 10.1. The molecule has 0 bridgehead atoms. The normalized spacial score (nSPS) is 22.9. The molecule has 0 aromatic heterocycles. The summed E-state index contributed by atoms with van der Waals surface area (Å²) in [6.07, 6.45) is 6.35. The Labute approximate surface area is 192 Å². The first-order valence-corrected chi connectivity index (χ1v) is 12.0. The number of hydrogen-bond donors (Lipinski definition) is 3. The van der Waals surface area contributed by atoms with Gasteiger partial charge in [0.1, 0.15) is 0 Å². The second-order valence-electron chi connectivity index (χ2n) is 7.15. The fourth-order valence-corrected chi connectivity index (χ4v) is 4.11. The maximum absolute atomic E-state index is 12.1. The molecule has 2 fully saturated rings. The Balaban J connectivity index is 0.00000420. The van der Waals surface area contributed by atoms with Gasteiger partial charge in [-0.1, -0.05) is 0 Å². The van der Waals surface area contributed by atoms with E-state index in [4.69, 9.17) is 14.2 Å². The highest BCUT2D eigenvalue weighted by Gasteiger charge is 2.18. The molecule has 0 aromatic carbocycles. The number of guanidine groups is 1. The van der Waals surface area contributed by atoms with Crippen molar-refractivity contribution in [3.05, 3.63) is 0 Å². The SMILES string of the molecule is CN=C(NCCCOCC1CCCO1)NCCS(=O)(=O)NCC1CCCCO1.I. The van der Waals surface area contributed by atoms with Gasteiger partial charge in [0.05, 0.1) is 24.6 Å². The number of nitrogens with one attached hydrogen (secondary N) is 3. The Bertz CT molecular complexity index is 552. The number of halogens is 1. The van der Waals surface area contributed by atoms with Gasteiger partial charge in [-0.3, -0.25) is 4.99 Å². The average Bonchev–Trinajstić information content (AvgIpc) is 3.22. The first-order chi connectivity index (χ1) is 13.6. The van der Waals surface area contributed by atoms with Crippen LogP contribution in [-0.4, -0.2) is 85.4 Å².